The number of nitrogens with zero attached hydrogens (tertiary/aromatic N) is 1. The van der Waals surface area contributed by atoms with Crippen molar-refractivity contribution in [3.63, 3.8) is 0 Å². The Bertz CT molecular complexity index is 972. The van der Waals surface area contributed by atoms with Gasteiger partial charge in [-0.2, -0.15) is 24.4 Å². The summed E-state index contributed by atoms with van der Waals surface area (Å²) in [7, 11) is 1.35. The number of thiol groups is 1. The predicted octanol–water partition coefficient (Wildman–Crippen LogP) is 3.31. The molecule has 0 aliphatic carbocycles. The van der Waals surface area contributed by atoms with Crippen molar-refractivity contribution in [2.45, 2.75) is 51.4 Å². The average Bonchev–Trinajstić information content (AvgIpc) is 2.92. The number of nitrogens with two attached hydrogens (primary N) is 1. The van der Waals surface area contributed by atoms with E-state index in [-0.39, 0.29) is 24.5 Å². The lowest BCUT2D eigenvalue weighted by molar-refractivity contribution is -0.145. The van der Waals surface area contributed by atoms with Gasteiger partial charge in [-0.3, -0.25) is 9.69 Å². The lowest BCUT2D eigenvalue weighted by Crippen LogP contribution is -2.51. The first kappa shape index (κ1) is 31.4. The highest BCUT2D eigenvalue weighted by Crippen LogP contribution is 2.21. The molecule has 2 aromatic carbocycles. The number of ether oxygens (including phenoxy) is 1. The number of thioether (sulfide) groups is 1. The molecule has 0 radical (unpaired) electrons. The fourth-order valence-corrected chi connectivity index (χ4v) is 4.90. The van der Waals surface area contributed by atoms with E-state index in [9.17, 15) is 9.59 Å². The number of esters is 1. The molecule has 9 heteroatoms. The Morgan fingerprint density at radius 2 is 1.92 bits per heavy atom. The van der Waals surface area contributed by atoms with Crippen molar-refractivity contribution < 1.29 is 14.3 Å². The number of rotatable bonds is 17. The van der Waals surface area contributed by atoms with E-state index in [1.807, 2.05) is 18.4 Å². The fourth-order valence-electron chi connectivity index (χ4n) is 4.30. The van der Waals surface area contributed by atoms with Crippen molar-refractivity contribution >= 4 is 47.0 Å². The minimum absolute atomic E-state index is 0.0399. The zero-order chi connectivity index (χ0) is 27.2. The first-order valence-electron chi connectivity index (χ1n) is 13.0. The maximum Gasteiger partial charge on any atom is 0.328 e. The Morgan fingerprint density at radius 3 is 2.59 bits per heavy atom. The van der Waals surface area contributed by atoms with E-state index >= 15 is 0 Å². The molecule has 2 rings (SSSR count). The molecule has 37 heavy (non-hydrogen) atoms. The largest absolute Gasteiger partial charge is 0.467 e. The zero-order valence-electron chi connectivity index (χ0n) is 22.6. The zero-order valence-corrected chi connectivity index (χ0v) is 24.3. The quantitative estimate of drug-likeness (QED) is 0.178. The van der Waals surface area contributed by atoms with Crippen molar-refractivity contribution in [2.75, 3.05) is 44.5 Å². The summed E-state index contributed by atoms with van der Waals surface area (Å²) in [5, 5.41) is 8.88. The smallest absolute Gasteiger partial charge is 0.328 e. The van der Waals surface area contributed by atoms with Gasteiger partial charge in [0.1, 0.15) is 6.04 Å². The molecule has 0 aliphatic heterocycles. The molecule has 2 aromatic rings. The number of fused-ring (bicyclic) bond motifs is 1. The van der Waals surface area contributed by atoms with E-state index in [1.54, 1.807) is 11.8 Å². The average molecular weight is 549 g/mol. The van der Waals surface area contributed by atoms with Gasteiger partial charge in [0, 0.05) is 37.5 Å². The van der Waals surface area contributed by atoms with E-state index in [4.69, 9.17) is 10.5 Å². The lowest BCUT2D eigenvalue weighted by atomic mass is 9.97. The van der Waals surface area contributed by atoms with E-state index < -0.39 is 12.0 Å². The van der Waals surface area contributed by atoms with Crippen molar-refractivity contribution in [3.05, 3.63) is 48.0 Å². The summed E-state index contributed by atoms with van der Waals surface area (Å²) in [4.78, 5) is 27.7. The highest BCUT2D eigenvalue weighted by atomic mass is 32.2. The van der Waals surface area contributed by atoms with Gasteiger partial charge < -0.3 is 21.1 Å². The van der Waals surface area contributed by atoms with Gasteiger partial charge in [0.05, 0.1) is 13.7 Å². The maximum atomic E-state index is 13.2. The fraction of sp³-hybridized carbons (Fsp3) is 0.571. The Balaban J connectivity index is 2.27. The van der Waals surface area contributed by atoms with Crippen molar-refractivity contribution in [1.29, 1.82) is 0 Å². The molecule has 0 unspecified atom stereocenters. The molecule has 7 nitrogen and oxygen atoms in total. The minimum atomic E-state index is -0.652. The van der Waals surface area contributed by atoms with Crippen LogP contribution in [0.15, 0.2) is 42.5 Å². The van der Waals surface area contributed by atoms with Crippen LogP contribution < -0.4 is 16.4 Å². The Hall–Kier alpha value is -1.78. The van der Waals surface area contributed by atoms with Gasteiger partial charge in [-0.15, -0.1) is 0 Å². The maximum absolute atomic E-state index is 13.2. The van der Waals surface area contributed by atoms with Crippen LogP contribution >= 0.6 is 24.4 Å². The number of nitrogens with one attached hydrogen (secondary N) is 2. The summed E-state index contributed by atoms with van der Waals surface area (Å²) in [6.07, 6.45) is 3.51. The lowest BCUT2D eigenvalue weighted by Gasteiger charge is -2.32. The van der Waals surface area contributed by atoms with Crippen LogP contribution in [0.4, 0.5) is 0 Å². The van der Waals surface area contributed by atoms with Crippen LogP contribution in [-0.4, -0.2) is 79.4 Å². The molecule has 0 bridgehead atoms. The Kier molecular flexibility index (Phi) is 14.4. The summed E-state index contributed by atoms with van der Waals surface area (Å²) in [6.45, 7) is 6.49. The summed E-state index contributed by atoms with van der Waals surface area (Å²) in [5.74, 6) is 1.14. The number of benzene rings is 2. The van der Waals surface area contributed by atoms with Gasteiger partial charge in [-0.1, -0.05) is 62.7 Å². The number of amides is 1. The Labute approximate surface area is 232 Å². The molecule has 0 aromatic heterocycles. The first-order chi connectivity index (χ1) is 17.8. The standard InChI is InChI=1S/C28H44N4O3S2/c1-5-20(2)26(30-15-23(29)19-36)17-32(16-22-11-8-10-21-9-6-7-12-24(21)22)18-27(33)31-25(13-14-37-4)28(34)35-3/h6-12,20,23,25-26,30,36H,5,13-19,29H2,1-4H3,(H,31,33)/t20-,23-,25+,26-/m1/s1. The normalized spacial score (nSPS) is 14.8. The van der Waals surface area contributed by atoms with Crippen LogP contribution in [-0.2, 0) is 20.9 Å². The second-order valence-corrected chi connectivity index (χ2v) is 10.9. The second kappa shape index (κ2) is 16.9. The number of hydrogen-bond donors (Lipinski definition) is 4. The first-order valence-corrected chi connectivity index (χ1v) is 15.0. The molecular weight excluding hydrogens is 504 g/mol. The number of methoxy groups -OCH3 is 1. The third kappa shape index (κ3) is 10.5. The molecule has 0 spiro atoms. The Morgan fingerprint density at radius 1 is 1.19 bits per heavy atom. The van der Waals surface area contributed by atoms with Crippen LogP contribution in [0.25, 0.3) is 10.8 Å². The summed E-state index contributed by atoms with van der Waals surface area (Å²) in [5.41, 5.74) is 7.29. The van der Waals surface area contributed by atoms with Crippen LogP contribution in [0.2, 0.25) is 0 Å². The van der Waals surface area contributed by atoms with Crippen LogP contribution in [0.1, 0.15) is 32.3 Å². The highest BCUT2D eigenvalue weighted by Gasteiger charge is 2.25. The van der Waals surface area contributed by atoms with E-state index in [2.05, 4.69) is 72.3 Å². The SMILES string of the molecule is CC[C@@H](C)[C@@H](CN(CC(=O)N[C@@H](CCSC)C(=O)OC)Cc1cccc2ccccc12)NC[C@@H](N)CS. The topological polar surface area (TPSA) is 96.7 Å². The van der Waals surface area contributed by atoms with E-state index in [0.29, 0.717) is 37.7 Å². The predicted molar refractivity (Wildman–Crippen MR) is 159 cm³/mol. The molecular formula is C28H44N4O3S2. The summed E-state index contributed by atoms with van der Waals surface area (Å²) < 4.78 is 4.93. The van der Waals surface area contributed by atoms with Crippen molar-refractivity contribution in [2.24, 2.45) is 11.7 Å². The van der Waals surface area contributed by atoms with Crippen molar-refractivity contribution in [1.82, 2.24) is 15.5 Å². The van der Waals surface area contributed by atoms with Gasteiger partial charge in [-0.25, -0.2) is 4.79 Å². The van der Waals surface area contributed by atoms with Crippen LogP contribution in [0, 0.1) is 5.92 Å². The molecule has 4 N–H and O–H groups in total. The third-order valence-electron chi connectivity index (χ3n) is 6.74. The van der Waals surface area contributed by atoms with Crippen LogP contribution in [0.3, 0.4) is 0 Å². The molecule has 4 atom stereocenters. The molecule has 0 saturated heterocycles. The summed E-state index contributed by atoms with van der Waals surface area (Å²) >= 11 is 5.95. The number of carbonyl (C=O) groups excluding carboxylic acids is 2. The third-order valence-corrected chi connectivity index (χ3v) is 7.85. The molecule has 1 amide bonds. The van der Waals surface area contributed by atoms with Gasteiger partial charge in [-0.05, 0) is 40.7 Å². The van der Waals surface area contributed by atoms with Gasteiger partial charge in [0.15, 0.2) is 0 Å². The molecule has 206 valence electrons. The van der Waals surface area contributed by atoms with Crippen LogP contribution in [0.5, 0.6) is 0 Å². The molecule has 0 fully saturated rings. The molecule has 0 aliphatic rings. The highest BCUT2D eigenvalue weighted by molar-refractivity contribution is 7.98. The summed E-state index contributed by atoms with van der Waals surface area (Å²) in [6, 6.07) is 14.0. The monoisotopic (exact) mass is 548 g/mol. The number of hydrogen-bond acceptors (Lipinski definition) is 8. The molecule has 0 saturated carbocycles. The molecule has 0 heterocycles. The van der Waals surface area contributed by atoms with E-state index in [1.165, 1.54) is 17.9 Å². The van der Waals surface area contributed by atoms with Gasteiger partial charge >= 0.3 is 5.97 Å². The second-order valence-electron chi connectivity index (χ2n) is 9.58. The van der Waals surface area contributed by atoms with Crippen molar-refractivity contribution in [3.8, 4) is 0 Å². The van der Waals surface area contributed by atoms with Gasteiger partial charge in [0.2, 0.25) is 5.91 Å². The van der Waals surface area contributed by atoms with Gasteiger partial charge in [0.25, 0.3) is 0 Å². The number of carbonyl (C=O) groups is 2. The van der Waals surface area contributed by atoms with E-state index in [0.717, 1.165) is 17.7 Å². The minimum Gasteiger partial charge on any atom is -0.467 e.